The molecule has 1 aliphatic heterocycles. The third kappa shape index (κ3) is 5.54. The molecule has 1 aliphatic rings. The van der Waals surface area contributed by atoms with E-state index in [9.17, 15) is 19.1 Å². The van der Waals surface area contributed by atoms with Gasteiger partial charge < -0.3 is 19.6 Å². The van der Waals surface area contributed by atoms with E-state index in [0.29, 0.717) is 30.9 Å². The smallest absolute Gasteiger partial charge is 0.295 e. The molecule has 2 aromatic rings. The second kappa shape index (κ2) is 11.6. The van der Waals surface area contributed by atoms with E-state index in [-0.39, 0.29) is 16.9 Å². The van der Waals surface area contributed by atoms with Crippen molar-refractivity contribution < 1.29 is 23.8 Å². The van der Waals surface area contributed by atoms with Crippen molar-refractivity contribution in [3.05, 3.63) is 83.7 Å². The molecule has 1 amide bonds. The first kappa shape index (κ1) is 25.2. The minimum atomic E-state index is -0.783. The first-order valence-corrected chi connectivity index (χ1v) is 11.5. The number of aliphatic hydroxyl groups is 1. The van der Waals surface area contributed by atoms with Crippen molar-refractivity contribution in [1.29, 1.82) is 0 Å². The number of aliphatic hydroxyl groups excluding tert-OH is 1. The van der Waals surface area contributed by atoms with Crippen molar-refractivity contribution >= 4 is 17.4 Å². The van der Waals surface area contributed by atoms with Crippen molar-refractivity contribution in [2.24, 2.45) is 0 Å². The molecular weight excluding hydrogens is 435 g/mol. The Balaban J connectivity index is 2.04. The Labute approximate surface area is 199 Å². The summed E-state index contributed by atoms with van der Waals surface area (Å²) < 4.78 is 19.1. The molecule has 0 spiro atoms. The number of benzene rings is 2. The first-order chi connectivity index (χ1) is 16.4. The highest BCUT2D eigenvalue weighted by molar-refractivity contribution is 6.46. The highest BCUT2D eigenvalue weighted by Crippen LogP contribution is 2.40. The van der Waals surface area contributed by atoms with Gasteiger partial charge >= 0.3 is 0 Å². The van der Waals surface area contributed by atoms with Gasteiger partial charge in [0.05, 0.1) is 11.6 Å². The van der Waals surface area contributed by atoms with E-state index in [1.807, 2.05) is 0 Å². The predicted molar refractivity (Wildman–Crippen MR) is 130 cm³/mol. The molecule has 0 saturated carbocycles. The van der Waals surface area contributed by atoms with Gasteiger partial charge in [0.15, 0.2) is 0 Å². The van der Waals surface area contributed by atoms with Crippen LogP contribution in [0.25, 0.3) is 5.76 Å². The van der Waals surface area contributed by atoms with Gasteiger partial charge in [0.1, 0.15) is 23.9 Å². The van der Waals surface area contributed by atoms with Crippen LogP contribution < -0.4 is 4.74 Å². The largest absolute Gasteiger partial charge is 0.507 e. The minimum absolute atomic E-state index is 0.0136. The summed E-state index contributed by atoms with van der Waals surface area (Å²) in [6, 6.07) is 11.5. The summed E-state index contributed by atoms with van der Waals surface area (Å²) in [5.41, 5.74) is 0.902. The highest BCUT2D eigenvalue weighted by atomic mass is 19.1. The Morgan fingerprint density at radius 2 is 1.88 bits per heavy atom. The topological polar surface area (TPSA) is 70.1 Å². The third-order valence-corrected chi connectivity index (χ3v) is 5.97. The van der Waals surface area contributed by atoms with Gasteiger partial charge in [0.25, 0.3) is 11.7 Å². The number of carbonyl (C=O) groups is 2. The van der Waals surface area contributed by atoms with Gasteiger partial charge in [0.2, 0.25) is 0 Å². The molecular formula is C27H31FN2O4. The zero-order valence-corrected chi connectivity index (χ0v) is 19.7. The lowest BCUT2D eigenvalue weighted by atomic mass is 9.95. The standard InChI is InChI=1S/C27H31FN2O4/c1-4-17-34-22-10-7-9-20(18-22)24-23(25(31)19-11-13-21(28)14-12-19)26(32)27(33)30(24)16-8-15-29(5-2)6-3/h4,7,9-14,18,24,31H,1,5-6,8,15-17H2,2-3H3/b25-23+. The molecule has 0 aromatic heterocycles. The zero-order chi connectivity index (χ0) is 24.7. The molecule has 3 rings (SSSR count). The van der Waals surface area contributed by atoms with E-state index < -0.39 is 23.5 Å². The summed E-state index contributed by atoms with van der Waals surface area (Å²) in [6.07, 6.45) is 2.30. The SMILES string of the molecule is C=CCOc1cccc(C2/C(=C(\O)c3ccc(F)cc3)C(=O)C(=O)N2CCCN(CC)CC)c1. The van der Waals surface area contributed by atoms with Crippen molar-refractivity contribution in [3.8, 4) is 5.75 Å². The Morgan fingerprint density at radius 1 is 1.18 bits per heavy atom. The van der Waals surface area contributed by atoms with Crippen molar-refractivity contribution in [3.63, 3.8) is 0 Å². The monoisotopic (exact) mass is 466 g/mol. The number of carbonyl (C=O) groups excluding carboxylic acids is 2. The molecule has 1 heterocycles. The molecule has 0 radical (unpaired) electrons. The lowest BCUT2D eigenvalue weighted by Gasteiger charge is -2.27. The van der Waals surface area contributed by atoms with Crippen LogP contribution in [-0.4, -0.2) is 59.4 Å². The Hall–Kier alpha value is -3.45. The van der Waals surface area contributed by atoms with Crippen LogP contribution in [0.1, 0.15) is 37.4 Å². The lowest BCUT2D eigenvalue weighted by molar-refractivity contribution is -0.140. The number of ketones is 1. The molecule has 2 aromatic carbocycles. The van der Waals surface area contributed by atoms with Crippen LogP contribution in [0.15, 0.2) is 66.8 Å². The summed E-state index contributed by atoms with van der Waals surface area (Å²) in [5, 5.41) is 11.1. The number of nitrogens with zero attached hydrogens (tertiary/aromatic N) is 2. The quantitative estimate of drug-likeness (QED) is 0.228. The number of hydrogen-bond acceptors (Lipinski definition) is 5. The van der Waals surface area contributed by atoms with E-state index in [2.05, 4.69) is 25.3 Å². The van der Waals surface area contributed by atoms with Gasteiger partial charge in [-0.2, -0.15) is 0 Å². The summed E-state index contributed by atoms with van der Waals surface area (Å²) >= 11 is 0. The van der Waals surface area contributed by atoms with Crippen LogP contribution in [0.3, 0.4) is 0 Å². The van der Waals surface area contributed by atoms with Gasteiger partial charge in [-0.25, -0.2) is 4.39 Å². The number of amides is 1. The molecule has 34 heavy (non-hydrogen) atoms. The summed E-state index contributed by atoms with van der Waals surface area (Å²) in [4.78, 5) is 29.9. The second-order valence-electron chi connectivity index (χ2n) is 8.05. The van der Waals surface area contributed by atoms with E-state index >= 15 is 0 Å². The Bertz CT molecular complexity index is 1060. The molecule has 1 N–H and O–H groups in total. The Morgan fingerprint density at radius 3 is 2.53 bits per heavy atom. The van der Waals surface area contributed by atoms with Gasteiger partial charge in [-0.05, 0) is 68.0 Å². The van der Waals surface area contributed by atoms with E-state index in [1.165, 1.54) is 29.2 Å². The number of halogens is 1. The molecule has 1 saturated heterocycles. The van der Waals surface area contributed by atoms with Crippen LogP contribution in [0.5, 0.6) is 5.75 Å². The first-order valence-electron chi connectivity index (χ1n) is 11.5. The second-order valence-corrected chi connectivity index (χ2v) is 8.05. The maximum atomic E-state index is 13.4. The normalized spacial score (nSPS) is 17.4. The Kier molecular flexibility index (Phi) is 8.60. The van der Waals surface area contributed by atoms with Crippen molar-refractivity contribution in [2.45, 2.75) is 26.3 Å². The fraction of sp³-hybridized carbons (Fsp3) is 0.333. The molecule has 1 atom stereocenters. The maximum absolute atomic E-state index is 13.4. The molecule has 7 heteroatoms. The average molecular weight is 467 g/mol. The number of hydrogen-bond donors (Lipinski definition) is 1. The maximum Gasteiger partial charge on any atom is 0.295 e. The number of Topliss-reactive ketones (excluding diaryl/α,β-unsaturated/α-hetero) is 1. The van der Waals surface area contributed by atoms with Crippen molar-refractivity contribution in [1.82, 2.24) is 9.80 Å². The fourth-order valence-corrected chi connectivity index (χ4v) is 4.15. The zero-order valence-electron chi connectivity index (χ0n) is 19.7. The van der Waals surface area contributed by atoms with Gasteiger partial charge in [-0.1, -0.05) is 38.6 Å². The predicted octanol–water partition coefficient (Wildman–Crippen LogP) is 4.54. The average Bonchev–Trinajstić information content (AvgIpc) is 3.10. The number of likely N-dealkylation sites (tertiary alicyclic amines) is 1. The highest BCUT2D eigenvalue weighted by Gasteiger charge is 2.45. The summed E-state index contributed by atoms with van der Waals surface area (Å²) in [7, 11) is 0. The minimum Gasteiger partial charge on any atom is -0.507 e. The molecule has 180 valence electrons. The van der Waals surface area contributed by atoms with Gasteiger partial charge in [-0.3, -0.25) is 9.59 Å². The van der Waals surface area contributed by atoms with Crippen LogP contribution >= 0.6 is 0 Å². The van der Waals surface area contributed by atoms with Crippen LogP contribution in [0, 0.1) is 5.82 Å². The molecule has 0 bridgehead atoms. The number of ether oxygens (including phenoxy) is 1. The third-order valence-electron chi connectivity index (χ3n) is 5.97. The van der Waals surface area contributed by atoms with Gasteiger partial charge in [0, 0.05) is 12.1 Å². The van der Waals surface area contributed by atoms with Crippen LogP contribution in [-0.2, 0) is 9.59 Å². The van der Waals surface area contributed by atoms with Crippen LogP contribution in [0.4, 0.5) is 4.39 Å². The van der Waals surface area contributed by atoms with E-state index in [1.54, 1.807) is 30.3 Å². The molecule has 1 unspecified atom stereocenters. The summed E-state index contributed by atoms with van der Waals surface area (Å²) in [6.45, 7) is 11.0. The van der Waals surface area contributed by atoms with Crippen LogP contribution in [0.2, 0.25) is 0 Å². The van der Waals surface area contributed by atoms with Crippen molar-refractivity contribution in [2.75, 3.05) is 32.8 Å². The number of rotatable bonds is 11. The molecule has 6 nitrogen and oxygen atoms in total. The molecule has 0 aliphatic carbocycles. The lowest BCUT2D eigenvalue weighted by Crippen LogP contribution is -2.33. The van der Waals surface area contributed by atoms with E-state index in [0.717, 1.165) is 19.6 Å². The fourth-order valence-electron chi connectivity index (χ4n) is 4.15. The molecule has 1 fully saturated rings. The summed E-state index contributed by atoms with van der Waals surface area (Å²) in [5.74, 6) is -1.64. The van der Waals surface area contributed by atoms with Gasteiger partial charge in [-0.15, -0.1) is 0 Å². The van der Waals surface area contributed by atoms with E-state index in [4.69, 9.17) is 4.74 Å².